The molecule has 194 valence electrons. The summed E-state index contributed by atoms with van der Waals surface area (Å²) in [5.74, 6) is -0.557. The molecule has 1 atom stereocenters. The largest absolute Gasteiger partial charge is 0.420 e. The third-order valence-electron chi connectivity index (χ3n) is 5.18. The van der Waals surface area contributed by atoms with Crippen molar-refractivity contribution in [1.82, 2.24) is 29.9 Å². The predicted molar refractivity (Wildman–Crippen MR) is 127 cm³/mol. The van der Waals surface area contributed by atoms with Gasteiger partial charge in [0.25, 0.3) is 0 Å². The quantitative estimate of drug-likeness (QED) is 0.323. The smallest absolute Gasteiger partial charge is 0.378 e. The van der Waals surface area contributed by atoms with Gasteiger partial charge in [-0.05, 0) is 25.1 Å². The SMILES string of the molecule is COCc1cnn(-c2ncc(NC(=O)Nc3cnc4ccc(Cl)nc4c3[C@H](C)OC)cc2C(F)(F)F)n1. The molecule has 15 heteroatoms. The highest BCUT2D eigenvalue weighted by atomic mass is 35.5. The molecule has 0 bridgehead atoms. The average molecular weight is 537 g/mol. The fraction of sp³-hybridized carbons (Fsp3) is 0.273. The van der Waals surface area contributed by atoms with Crippen molar-refractivity contribution in [2.75, 3.05) is 24.9 Å². The fourth-order valence-corrected chi connectivity index (χ4v) is 3.63. The molecular formula is C22H20ClF3N8O3. The first-order chi connectivity index (χ1) is 17.6. The van der Waals surface area contributed by atoms with Gasteiger partial charge in [0.05, 0.1) is 53.7 Å². The molecule has 0 saturated heterocycles. The molecule has 4 heterocycles. The summed E-state index contributed by atoms with van der Waals surface area (Å²) < 4.78 is 51.8. The van der Waals surface area contributed by atoms with E-state index in [-0.39, 0.29) is 23.1 Å². The van der Waals surface area contributed by atoms with Crippen LogP contribution in [0.2, 0.25) is 5.15 Å². The van der Waals surface area contributed by atoms with Crippen molar-refractivity contribution in [3.63, 3.8) is 0 Å². The highest BCUT2D eigenvalue weighted by Crippen LogP contribution is 2.35. The molecular weight excluding hydrogens is 517 g/mol. The van der Waals surface area contributed by atoms with E-state index in [0.29, 0.717) is 22.3 Å². The second-order valence-electron chi connectivity index (χ2n) is 7.70. The Morgan fingerprint density at radius 2 is 1.95 bits per heavy atom. The summed E-state index contributed by atoms with van der Waals surface area (Å²) in [6, 6.07) is 3.14. The van der Waals surface area contributed by atoms with E-state index >= 15 is 0 Å². The molecule has 0 spiro atoms. The highest BCUT2D eigenvalue weighted by Gasteiger charge is 2.36. The Morgan fingerprint density at radius 1 is 1.16 bits per heavy atom. The summed E-state index contributed by atoms with van der Waals surface area (Å²) in [7, 11) is 2.90. The lowest BCUT2D eigenvalue weighted by molar-refractivity contribution is -0.137. The number of nitrogens with zero attached hydrogens (tertiary/aromatic N) is 6. The molecule has 0 aliphatic heterocycles. The summed E-state index contributed by atoms with van der Waals surface area (Å²) >= 11 is 6.03. The number of aromatic nitrogens is 6. The van der Waals surface area contributed by atoms with E-state index in [9.17, 15) is 18.0 Å². The van der Waals surface area contributed by atoms with Gasteiger partial charge in [0.2, 0.25) is 0 Å². The fourth-order valence-electron chi connectivity index (χ4n) is 3.48. The molecule has 4 rings (SSSR count). The molecule has 0 fully saturated rings. The van der Waals surface area contributed by atoms with E-state index in [2.05, 4.69) is 35.8 Å². The number of ether oxygens (including phenoxy) is 2. The number of amides is 2. The molecule has 0 aliphatic rings. The number of hydrogen-bond donors (Lipinski definition) is 2. The van der Waals surface area contributed by atoms with Crippen LogP contribution >= 0.6 is 11.6 Å². The summed E-state index contributed by atoms with van der Waals surface area (Å²) in [6.07, 6.45) is -1.61. The number of carbonyl (C=O) groups excluding carboxylic acids is 1. The van der Waals surface area contributed by atoms with Gasteiger partial charge in [0.15, 0.2) is 5.82 Å². The van der Waals surface area contributed by atoms with Crippen LogP contribution in [-0.4, -0.2) is 50.2 Å². The van der Waals surface area contributed by atoms with E-state index in [1.165, 1.54) is 26.6 Å². The van der Waals surface area contributed by atoms with Gasteiger partial charge in [-0.3, -0.25) is 4.98 Å². The summed E-state index contributed by atoms with van der Waals surface area (Å²) in [5.41, 5.74) is 0.612. The number of carbonyl (C=O) groups is 1. The Morgan fingerprint density at radius 3 is 2.65 bits per heavy atom. The second kappa shape index (κ2) is 10.6. The van der Waals surface area contributed by atoms with Crippen molar-refractivity contribution in [3.8, 4) is 5.82 Å². The molecule has 4 aromatic heterocycles. The first kappa shape index (κ1) is 26.2. The van der Waals surface area contributed by atoms with Gasteiger partial charge in [-0.2, -0.15) is 18.3 Å². The van der Waals surface area contributed by atoms with Crippen LogP contribution in [-0.2, 0) is 22.3 Å². The molecule has 0 unspecified atom stereocenters. The van der Waals surface area contributed by atoms with Gasteiger partial charge in [-0.1, -0.05) is 11.6 Å². The lowest BCUT2D eigenvalue weighted by atomic mass is 10.1. The maximum atomic E-state index is 13.8. The number of fused-ring (bicyclic) bond motifs is 1. The lowest BCUT2D eigenvalue weighted by Crippen LogP contribution is -2.22. The van der Waals surface area contributed by atoms with Crippen molar-refractivity contribution in [3.05, 3.63) is 58.8 Å². The molecule has 4 aromatic rings. The Kier molecular flexibility index (Phi) is 7.52. The standard InChI is InChI=1S/C22H20ClF3N8O3/c1-11(37-3)18-16(9-27-15-4-5-17(23)32-19(15)18)31-21(35)30-12-6-14(22(24,25)26)20(28-7-12)34-29-8-13(33-34)10-36-2/h4-9,11H,10H2,1-3H3,(H2,30,31,35)/t11-/m0/s1. The number of halogens is 4. The average Bonchev–Trinajstić information content (AvgIpc) is 3.31. The van der Waals surface area contributed by atoms with Crippen LogP contribution in [0.25, 0.3) is 16.9 Å². The first-order valence-corrected chi connectivity index (χ1v) is 11.0. The van der Waals surface area contributed by atoms with E-state index in [1.807, 2.05) is 0 Å². The van der Waals surface area contributed by atoms with Crippen LogP contribution < -0.4 is 10.6 Å². The van der Waals surface area contributed by atoms with Crippen LogP contribution in [0.4, 0.5) is 29.3 Å². The maximum Gasteiger partial charge on any atom is 0.420 e. The van der Waals surface area contributed by atoms with Gasteiger partial charge < -0.3 is 20.1 Å². The zero-order chi connectivity index (χ0) is 26.7. The first-order valence-electron chi connectivity index (χ1n) is 10.6. The monoisotopic (exact) mass is 536 g/mol. The van der Waals surface area contributed by atoms with Gasteiger partial charge in [-0.25, -0.2) is 14.8 Å². The second-order valence-corrected chi connectivity index (χ2v) is 8.08. The van der Waals surface area contributed by atoms with Crippen LogP contribution in [0, 0.1) is 0 Å². The third kappa shape index (κ3) is 5.76. The summed E-state index contributed by atoms with van der Waals surface area (Å²) in [6.45, 7) is 1.80. The number of anilines is 2. The van der Waals surface area contributed by atoms with Crippen LogP contribution in [0.5, 0.6) is 0 Å². The number of hydrogen-bond acceptors (Lipinski definition) is 8. The minimum absolute atomic E-state index is 0.0657. The third-order valence-corrected chi connectivity index (χ3v) is 5.39. The molecule has 11 nitrogen and oxygen atoms in total. The summed E-state index contributed by atoms with van der Waals surface area (Å²) in [4.78, 5) is 25.9. The maximum absolute atomic E-state index is 13.8. The van der Waals surface area contributed by atoms with Crippen molar-refractivity contribution >= 4 is 40.0 Å². The van der Waals surface area contributed by atoms with E-state index in [0.717, 1.165) is 17.1 Å². The molecule has 2 amide bonds. The Labute approximate surface area is 213 Å². The minimum Gasteiger partial charge on any atom is -0.378 e. The van der Waals surface area contributed by atoms with Gasteiger partial charge in [-0.15, -0.1) is 9.90 Å². The molecule has 0 radical (unpaired) electrons. The van der Waals surface area contributed by atoms with Crippen LogP contribution in [0.15, 0.2) is 36.8 Å². The molecule has 2 N–H and O–H groups in total. The lowest BCUT2D eigenvalue weighted by Gasteiger charge is -2.18. The van der Waals surface area contributed by atoms with Gasteiger partial charge in [0, 0.05) is 19.8 Å². The highest BCUT2D eigenvalue weighted by molar-refractivity contribution is 6.29. The number of pyridine rings is 3. The van der Waals surface area contributed by atoms with Crippen LogP contribution in [0.3, 0.4) is 0 Å². The van der Waals surface area contributed by atoms with Crippen molar-refractivity contribution in [2.45, 2.75) is 25.8 Å². The zero-order valence-electron chi connectivity index (χ0n) is 19.7. The predicted octanol–water partition coefficient (Wildman–Crippen LogP) is 4.78. The Balaban J connectivity index is 1.63. The zero-order valence-corrected chi connectivity index (χ0v) is 20.4. The Bertz CT molecular complexity index is 1450. The number of rotatable bonds is 7. The summed E-state index contributed by atoms with van der Waals surface area (Å²) in [5, 5.41) is 12.9. The van der Waals surface area contributed by atoms with Crippen LogP contribution in [0.1, 0.15) is 29.8 Å². The normalized spacial score (nSPS) is 12.5. The molecule has 37 heavy (non-hydrogen) atoms. The number of methoxy groups -OCH3 is 2. The topological polar surface area (TPSA) is 129 Å². The molecule has 0 saturated carbocycles. The number of urea groups is 1. The van der Waals surface area contributed by atoms with Gasteiger partial charge >= 0.3 is 12.2 Å². The van der Waals surface area contributed by atoms with E-state index in [4.69, 9.17) is 21.1 Å². The van der Waals surface area contributed by atoms with E-state index < -0.39 is 29.7 Å². The van der Waals surface area contributed by atoms with Crippen molar-refractivity contribution in [2.24, 2.45) is 0 Å². The number of nitrogens with one attached hydrogen (secondary N) is 2. The number of alkyl halides is 3. The van der Waals surface area contributed by atoms with Gasteiger partial charge in [0.1, 0.15) is 16.4 Å². The minimum atomic E-state index is -4.81. The Hall–Kier alpha value is -3.88. The van der Waals surface area contributed by atoms with Crippen molar-refractivity contribution in [1.29, 1.82) is 0 Å². The molecule has 0 aromatic carbocycles. The van der Waals surface area contributed by atoms with E-state index in [1.54, 1.807) is 19.1 Å². The van der Waals surface area contributed by atoms with Crippen molar-refractivity contribution < 1.29 is 27.4 Å². The molecule has 0 aliphatic carbocycles.